The van der Waals surface area contributed by atoms with Gasteiger partial charge in [0.2, 0.25) is 0 Å². The lowest BCUT2D eigenvalue weighted by Crippen LogP contribution is -2.15. The number of carbonyl (C=O) groups is 1. The summed E-state index contributed by atoms with van der Waals surface area (Å²) in [7, 11) is 0. The fourth-order valence-electron chi connectivity index (χ4n) is 0. The van der Waals surface area contributed by atoms with E-state index < -0.39 is 0 Å². The Hall–Kier alpha value is -0.330. The topological polar surface area (TPSA) is 17.1 Å². The predicted molar refractivity (Wildman–Crippen MR) is 55.3 cm³/mol. The maximum atomic E-state index is 10.5. The third-order valence-electron chi connectivity index (χ3n) is 1.87. The van der Waals surface area contributed by atoms with Gasteiger partial charge < -0.3 is 0 Å². The molecule has 0 saturated carbocycles. The normalized spacial score (nSPS) is 10.7. The van der Waals surface area contributed by atoms with Crippen LogP contribution >= 0.6 is 0 Å². The van der Waals surface area contributed by atoms with E-state index >= 15 is 0 Å². The van der Waals surface area contributed by atoms with E-state index in [1.165, 1.54) is 6.42 Å². The van der Waals surface area contributed by atoms with Gasteiger partial charge in [-0.3, -0.25) is 4.79 Å². The molecule has 0 fully saturated rings. The van der Waals surface area contributed by atoms with Crippen molar-refractivity contribution in [2.24, 2.45) is 11.3 Å². The molecule has 0 N–H and O–H groups in total. The summed E-state index contributed by atoms with van der Waals surface area (Å²) in [6, 6.07) is 0. The molecule has 0 heterocycles. The highest BCUT2D eigenvalue weighted by molar-refractivity contribution is 5.80. The Morgan fingerprint density at radius 3 is 1.42 bits per heavy atom. The van der Waals surface area contributed by atoms with E-state index in [0.29, 0.717) is 0 Å². The number of hydrogen-bond acceptors (Lipinski definition) is 1. The molecule has 0 aromatic carbocycles. The predicted octanol–water partition coefficient (Wildman–Crippen LogP) is 3.67. The van der Waals surface area contributed by atoms with Gasteiger partial charge in [0.25, 0.3) is 0 Å². The highest BCUT2D eigenvalue weighted by atomic mass is 16.1. The first kappa shape index (κ1) is 14.2. The van der Waals surface area contributed by atoms with Crippen LogP contribution in [0.1, 0.15) is 54.9 Å². The van der Waals surface area contributed by atoms with E-state index in [1.807, 2.05) is 20.8 Å². The fraction of sp³-hybridized carbons (Fsp3) is 0.909. The molecule has 0 amide bonds. The van der Waals surface area contributed by atoms with Gasteiger partial charge in [-0.05, 0) is 12.8 Å². The SMILES string of the molecule is CC(=O)C(C)(C)C.CCC(C)C. The molecular formula is C11H24O. The number of Topliss-reactive ketones (excluding diaryl/α,β-unsaturated/α-hetero) is 1. The maximum absolute atomic E-state index is 10.5. The van der Waals surface area contributed by atoms with Crippen LogP contribution in [0.15, 0.2) is 0 Å². The lowest BCUT2D eigenvalue weighted by atomic mass is 9.92. The van der Waals surface area contributed by atoms with Crippen molar-refractivity contribution in [2.45, 2.75) is 54.9 Å². The van der Waals surface area contributed by atoms with Gasteiger partial charge in [-0.25, -0.2) is 0 Å². The van der Waals surface area contributed by atoms with Crippen LogP contribution in [-0.2, 0) is 4.79 Å². The van der Waals surface area contributed by atoms with Crippen molar-refractivity contribution in [3.05, 3.63) is 0 Å². The Morgan fingerprint density at radius 2 is 1.42 bits per heavy atom. The smallest absolute Gasteiger partial charge is 0.135 e. The van der Waals surface area contributed by atoms with Gasteiger partial charge in [0.15, 0.2) is 0 Å². The Bertz CT molecular complexity index is 117. The van der Waals surface area contributed by atoms with Crippen molar-refractivity contribution in [3.8, 4) is 0 Å². The number of hydrogen-bond donors (Lipinski definition) is 0. The van der Waals surface area contributed by atoms with Gasteiger partial charge in [0.05, 0.1) is 0 Å². The molecule has 74 valence electrons. The zero-order valence-corrected chi connectivity index (χ0v) is 9.69. The van der Waals surface area contributed by atoms with Crippen molar-refractivity contribution in [1.29, 1.82) is 0 Å². The second-order valence-corrected chi connectivity index (χ2v) is 4.61. The molecule has 0 bridgehead atoms. The summed E-state index contributed by atoms with van der Waals surface area (Å²) in [6.45, 7) is 14.0. The quantitative estimate of drug-likeness (QED) is 0.589. The molecule has 0 spiro atoms. The lowest BCUT2D eigenvalue weighted by Gasteiger charge is -2.11. The molecule has 0 aliphatic carbocycles. The van der Waals surface area contributed by atoms with Gasteiger partial charge in [0, 0.05) is 5.41 Å². The Labute approximate surface area is 77.6 Å². The first-order valence-electron chi connectivity index (χ1n) is 4.72. The molecule has 0 radical (unpaired) electrons. The zero-order valence-electron chi connectivity index (χ0n) is 9.69. The van der Waals surface area contributed by atoms with Crippen molar-refractivity contribution in [1.82, 2.24) is 0 Å². The average Bonchev–Trinajstić information content (AvgIpc) is 1.87. The average molecular weight is 172 g/mol. The third-order valence-corrected chi connectivity index (χ3v) is 1.87. The highest BCUT2D eigenvalue weighted by Gasteiger charge is 2.14. The van der Waals surface area contributed by atoms with Crippen molar-refractivity contribution in [3.63, 3.8) is 0 Å². The van der Waals surface area contributed by atoms with E-state index in [-0.39, 0.29) is 11.2 Å². The maximum Gasteiger partial charge on any atom is 0.135 e. The molecule has 0 aliphatic heterocycles. The van der Waals surface area contributed by atoms with Gasteiger partial charge in [-0.15, -0.1) is 0 Å². The van der Waals surface area contributed by atoms with E-state index in [0.717, 1.165) is 5.92 Å². The standard InChI is InChI=1S/C6H12O.C5H12/c1-5(7)6(2,3)4;1-4-5(2)3/h1-4H3;5H,4H2,1-3H3. The Kier molecular flexibility index (Phi) is 7.36. The van der Waals surface area contributed by atoms with Crippen molar-refractivity contribution < 1.29 is 4.79 Å². The molecule has 0 atom stereocenters. The van der Waals surface area contributed by atoms with Crippen LogP contribution in [0, 0.1) is 11.3 Å². The summed E-state index contributed by atoms with van der Waals surface area (Å²) in [4.78, 5) is 10.5. The molecule has 1 heteroatoms. The van der Waals surface area contributed by atoms with E-state index in [2.05, 4.69) is 20.8 Å². The van der Waals surface area contributed by atoms with Crippen LogP contribution in [0.5, 0.6) is 0 Å². The summed E-state index contributed by atoms with van der Waals surface area (Å²) in [5.74, 6) is 1.13. The van der Waals surface area contributed by atoms with Gasteiger partial charge in [-0.2, -0.15) is 0 Å². The molecule has 0 aromatic rings. The third kappa shape index (κ3) is 12.4. The van der Waals surface area contributed by atoms with Crippen LogP contribution in [0.2, 0.25) is 0 Å². The van der Waals surface area contributed by atoms with Gasteiger partial charge in [-0.1, -0.05) is 48.0 Å². The Morgan fingerprint density at radius 1 is 1.25 bits per heavy atom. The number of rotatable bonds is 1. The van der Waals surface area contributed by atoms with E-state index in [1.54, 1.807) is 6.92 Å². The minimum absolute atomic E-state index is 0.139. The van der Waals surface area contributed by atoms with Crippen LogP contribution in [-0.4, -0.2) is 5.78 Å². The highest BCUT2D eigenvalue weighted by Crippen LogP contribution is 2.12. The second-order valence-electron chi connectivity index (χ2n) is 4.61. The first-order valence-corrected chi connectivity index (χ1v) is 4.72. The van der Waals surface area contributed by atoms with Crippen molar-refractivity contribution in [2.75, 3.05) is 0 Å². The summed E-state index contributed by atoms with van der Waals surface area (Å²) in [5, 5.41) is 0. The number of ketones is 1. The molecule has 1 nitrogen and oxygen atoms in total. The molecule has 0 unspecified atom stereocenters. The van der Waals surface area contributed by atoms with Gasteiger partial charge in [0.1, 0.15) is 5.78 Å². The summed E-state index contributed by atoms with van der Waals surface area (Å²) in [5.41, 5.74) is -0.139. The monoisotopic (exact) mass is 172 g/mol. The largest absolute Gasteiger partial charge is 0.299 e. The second kappa shape index (κ2) is 6.22. The van der Waals surface area contributed by atoms with Crippen LogP contribution in [0.3, 0.4) is 0 Å². The molecule has 0 rings (SSSR count). The van der Waals surface area contributed by atoms with E-state index in [4.69, 9.17) is 0 Å². The fourth-order valence-corrected chi connectivity index (χ4v) is 0. The molecule has 0 aromatic heterocycles. The van der Waals surface area contributed by atoms with Crippen molar-refractivity contribution >= 4 is 5.78 Å². The van der Waals surface area contributed by atoms with Crippen LogP contribution in [0.25, 0.3) is 0 Å². The Balaban J connectivity index is 0. The van der Waals surface area contributed by atoms with E-state index in [9.17, 15) is 4.79 Å². The van der Waals surface area contributed by atoms with Crippen LogP contribution < -0.4 is 0 Å². The minimum Gasteiger partial charge on any atom is -0.299 e. The molecule has 12 heavy (non-hydrogen) atoms. The molecule has 0 saturated heterocycles. The summed E-state index contributed by atoms with van der Waals surface area (Å²) >= 11 is 0. The minimum atomic E-state index is -0.139. The molecule has 0 aliphatic rings. The first-order chi connectivity index (χ1) is 5.21. The zero-order chi connectivity index (χ0) is 10.4. The summed E-state index contributed by atoms with van der Waals surface area (Å²) in [6.07, 6.45) is 1.31. The summed E-state index contributed by atoms with van der Waals surface area (Å²) < 4.78 is 0. The number of carbonyl (C=O) groups excluding carboxylic acids is 1. The van der Waals surface area contributed by atoms with Crippen LogP contribution in [0.4, 0.5) is 0 Å². The molecular weight excluding hydrogens is 148 g/mol. The van der Waals surface area contributed by atoms with Gasteiger partial charge >= 0.3 is 0 Å². The lowest BCUT2D eigenvalue weighted by molar-refractivity contribution is -0.124.